The molecule has 0 saturated carbocycles. The van der Waals surface area contributed by atoms with Gasteiger partial charge in [0.15, 0.2) is 0 Å². The molecule has 0 atom stereocenters. The van der Waals surface area contributed by atoms with Crippen molar-refractivity contribution in [1.29, 1.82) is 0 Å². The van der Waals surface area contributed by atoms with Crippen molar-refractivity contribution in [3.8, 4) is 5.75 Å². The van der Waals surface area contributed by atoms with Gasteiger partial charge in [-0.05, 0) is 18.4 Å². The summed E-state index contributed by atoms with van der Waals surface area (Å²) >= 11 is 6.02. The molecule has 0 spiro atoms. The molecular formula is C9H12OS2. The second kappa shape index (κ2) is 4.67. The summed E-state index contributed by atoms with van der Waals surface area (Å²) in [4.78, 5) is 0.941. The van der Waals surface area contributed by atoms with Gasteiger partial charge in [-0.15, -0.1) is 12.6 Å². The molecule has 0 radical (unpaired) electrons. The van der Waals surface area contributed by atoms with Crippen LogP contribution >= 0.6 is 24.4 Å². The molecule has 12 heavy (non-hydrogen) atoms. The first-order valence-corrected chi connectivity index (χ1v) is 5.47. The number of ether oxygens (including phenoxy) is 1. The van der Waals surface area contributed by atoms with Gasteiger partial charge >= 0.3 is 0 Å². The Balaban J connectivity index is 2.94. The highest BCUT2D eigenvalue weighted by atomic mass is 32.2. The second-order valence-electron chi connectivity index (χ2n) is 2.43. The number of rotatable bonds is 3. The Morgan fingerprint density at radius 3 is 2.83 bits per heavy atom. The van der Waals surface area contributed by atoms with Gasteiger partial charge < -0.3 is 4.74 Å². The van der Waals surface area contributed by atoms with Crippen LogP contribution in [-0.2, 0) is 5.75 Å². The van der Waals surface area contributed by atoms with Crippen LogP contribution in [0.5, 0.6) is 5.75 Å². The van der Waals surface area contributed by atoms with Crippen molar-refractivity contribution in [2.75, 3.05) is 13.4 Å². The van der Waals surface area contributed by atoms with Crippen LogP contribution < -0.4 is 4.74 Å². The van der Waals surface area contributed by atoms with Gasteiger partial charge in [0.05, 0.1) is 7.11 Å². The van der Waals surface area contributed by atoms with E-state index in [2.05, 4.69) is 25.0 Å². The van der Waals surface area contributed by atoms with E-state index < -0.39 is 0 Å². The van der Waals surface area contributed by atoms with Crippen LogP contribution in [0.25, 0.3) is 0 Å². The van der Waals surface area contributed by atoms with Crippen molar-refractivity contribution in [2.45, 2.75) is 10.6 Å². The number of benzene rings is 1. The molecule has 0 aliphatic rings. The first-order chi connectivity index (χ1) is 5.77. The molecule has 3 heteroatoms. The van der Waals surface area contributed by atoms with Crippen LogP contribution in [0.15, 0.2) is 23.1 Å². The number of thioether (sulfide) groups is 1. The highest BCUT2D eigenvalue weighted by Gasteiger charge is 2.01. The summed E-state index contributed by atoms with van der Waals surface area (Å²) in [5.74, 6) is 1.91. The van der Waals surface area contributed by atoms with Gasteiger partial charge in [-0.3, -0.25) is 0 Å². The van der Waals surface area contributed by atoms with Gasteiger partial charge in [0.1, 0.15) is 5.75 Å². The SMILES string of the molecule is COc1cc(S)ccc1CSC. The molecule has 66 valence electrons. The summed E-state index contributed by atoms with van der Waals surface area (Å²) in [6.07, 6.45) is 2.08. The third-order valence-corrected chi connectivity index (χ3v) is 2.45. The molecule has 0 unspecified atom stereocenters. The molecule has 0 heterocycles. The molecular weight excluding hydrogens is 188 g/mol. The maximum Gasteiger partial charge on any atom is 0.123 e. The minimum Gasteiger partial charge on any atom is -0.496 e. The summed E-state index contributed by atoms with van der Waals surface area (Å²) in [5.41, 5.74) is 1.22. The summed E-state index contributed by atoms with van der Waals surface area (Å²) in [7, 11) is 1.69. The predicted octanol–water partition coefficient (Wildman–Crippen LogP) is 2.85. The Bertz CT molecular complexity index is 261. The molecule has 0 fully saturated rings. The van der Waals surface area contributed by atoms with Gasteiger partial charge in [0.2, 0.25) is 0 Å². The average molecular weight is 200 g/mol. The van der Waals surface area contributed by atoms with Crippen molar-refractivity contribution in [3.05, 3.63) is 23.8 Å². The molecule has 1 aromatic carbocycles. The zero-order valence-electron chi connectivity index (χ0n) is 7.20. The zero-order chi connectivity index (χ0) is 8.97. The van der Waals surface area contributed by atoms with Gasteiger partial charge in [-0.2, -0.15) is 11.8 Å². The highest BCUT2D eigenvalue weighted by molar-refractivity contribution is 7.97. The Hall–Kier alpha value is -0.280. The summed E-state index contributed by atoms with van der Waals surface area (Å²) < 4.78 is 5.22. The number of hydrogen-bond donors (Lipinski definition) is 1. The van der Waals surface area contributed by atoms with Gasteiger partial charge in [-0.25, -0.2) is 0 Å². The van der Waals surface area contributed by atoms with Crippen LogP contribution in [0.4, 0.5) is 0 Å². The lowest BCUT2D eigenvalue weighted by Crippen LogP contribution is -1.89. The third kappa shape index (κ3) is 2.35. The van der Waals surface area contributed by atoms with Crippen LogP contribution in [0, 0.1) is 0 Å². The topological polar surface area (TPSA) is 9.23 Å². The Labute approximate surface area is 82.9 Å². The van der Waals surface area contributed by atoms with E-state index in [0.717, 1.165) is 16.4 Å². The Kier molecular flexibility index (Phi) is 3.82. The molecule has 0 N–H and O–H groups in total. The highest BCUT2D eigenvalue weighted by Crippen LogP contribution is 2.24. The lowest BCUT2D eigenvalue weighted by molar-refractivity contribution is 0.410. The van der Waals surface area contributed by atoms with Crippen LogP contribution in [0.1, 0.15) is 5.56 Å². The normalized spacial score (nSPS) is 9.92. The number of thiol groups is 1. The second-order valence-corrected chi connectivity index (χ2v) is 3.81. The first kappa shape index (κ1) is 9.81. The van der Waals surface area contributed by atoms with Crippen molar-refractivity contribution < 1.29 is 4.74 Å². The number of hydrogen-bond acceptors (Lipinski definition) is 3. The van der Waals surface area contributed by atoms with Crippen molar-refractivity contribution >= 4 is 24.4 Å². The molecule has 0 aliphatic carbocycles. The molecule has 1 aromatic rings. The Morgan fingerprint density at radius 2 is 2.25 bits per heavy atom. The third-order valence-electron chi connectivity index (χ3n) is 1.57. The maximum atomic E-state index is 5.22. The van der Waals surface area contributed by atoms with E-state index in [-0.39, 0.29) is 0 Å². The summed E-state index contributed by atoms with van der Waals surface area (Å²) in [6, 6.07) is 5.98. The molecule has 0 saturated heterocycles. The molecule has 0 amide bonds. The molecule has 1 nitrogen and oxygen atoms in total. The van der Waals surface area contributed by atoms with Gasteiger partial charge in [0.25, 0.3) is 0 Å². The maximum absolute atomic E-state index is 5.22. The van der Waals surface area contributed by atoms with Crippen molar-refractivity contribution in [1.82, 2.24) is 0 Å². The Morgan fingerprint density at radius 1 is 1.50 bits per heavy atom. The van der Waals surface area contributed by atoms with E-state index >= 15 is 0 Å². The zero-order valence-corrected chi connectivity index (χ0v) is 8.91. The average Bonchev–Trinajstić information content (AvgIpc) is 2.08. The van der Waals surface area contributed by atoms with Gasteiger partial charge in [-0.1, -0.05) is 6.07 Å². The summed E-state index contributed by atoms with van der Waals surface area (Å²) in [6.45, 7) is 0. The first-order valence-electron chi connectivity index (χ1n) is 3.62. The molecule has 1 rings (SSSR count). The van der Waals surface area contributed by atoms with E-state index in [1.54, 1.807) is 18.9 Å². The fourth-order valence-corrected chi connectivity index (χ4v) is 1.75. The van der Waals surface area contributed by atoms with Crippen LogP contribution in [-0.4, -0.2) is 13.4 Å². The smallest absolute Gasteiger partial charge is 0.123 e. The van der Waals surface area contributed by atoms with Crippen molar-refractivity contribution in [3.63, 3.8) is 0 Å². The predicted molar refractivity (Wildman–Crippen MR) is 57.5 cm³/mol. The van der Waals surface area contributed by atoms with E-state index in [4.69, 9.17) is 4.74 Å². The van der Waals surface area contributed by atoms with E-state index in [1.165, 1.54) is 5.56 Å². The monoisotopic (exact) mass is 200 g/mol. The van der Waals surface area contributed by atoms with E-state index in [0.29, 0.717) is 0 Å². The lowest BCUT2D eigenvalue weighted by atomic mass is 10.2. The van der Waals surface area contributed by atoms with Crippen LogP contribution in [0.2, 0.25) is 0 Å². The summed E-state index contributed by atoms with van der Waals surface area (Å²) in [5, 5.41) is 0. The van der Waals surface area contributed by atoms with Crippen molar-refractivity contribution in [2.24, 2.45) is 0 Å². The largest absolute Gasteiger partial charge is 0.496 e. The van der Waals surface area contributed by atoms with E-state index in [1.807, 2.05) is 12.1 Å². The number of methoxy groups -OCH3 is 1. The molecule has 0 aliphatic heterocycles. The fourth-order valence-electron chi connectivity index (χ4n) is 1.01. The van der Waals surface area contributed by atoms with Gasteiger partial charge in [0, 0.05) is 16.2 Å². The molecule has 0 bridgehead atoms. The standard InChI is InChI=1S/C9H12OS2/c1-10-9-5-8(11)4-3-7(9)6-12-2/h3-5,11H,6H2,1-2H3. The molecule has 0 aromatic heterocycles. The van der Waals surface area contributed by atoms with Crippen LogP contribution in [0.3, 0.4) is 0 Å². The minimum absolute atomic E-state index is 0.928. The van der Waals surface area contributed by atoms with E-state index in [9.17, 15) is 0 Å². The fraction of sp³-hybridized carbons (Fsp3) is 0.333. The quantitative estimate of drug-likeness (QED) is 0.751. The lowest BCUT2D eigenvalue weighted by Gasteiger charge is -2.07. The minimum atomic E-state index is 0.928.